The molecule has 0 bridgehead atoms. The van der Waals surface area contributed by atoms with Crippen molar-refractivity contribution in [2.45, 2.75) is 31.3 Å². The van der Waals surface area contributed by atoms with E-state index in [0.29, 0.717) is 18.0 Å². The van der Waals surface area contributed by atoms with Crippen molar-refractivity contribution in [1.29, 1.82) is 0 Å². The minimum atomic E-state index is 0.486. The highest BCUT2D eigenvalue weighted by Crippen LogP contribution is 2.38. The van der Waals surface area contributed by atoms with Gasteiger partial charge in [-0.3, -0.25) is 9.88 Å². The fourth-order valence-corrected chi connectivity index (χ4v) is 3.67. The Balaban J connectivity index is 1.84. The molecule has 0 radical (unpaired) electrons. The first-order chi connectivity index (χ1) is 8.84. The van der Waals surface area contributed by atoms with Crippen molar-refractivity contribution in [2.75, 3.05) is 18.8 Å². The van der Waals surface area contributed by atoms with Gasteiger partial charge in [-0.2, -0.15) is 0 Å². The first-order valence-corrected chi connectivity index (χ1v) is 6.66. The van der Waals surface area contributed by atoms with Crippen molar-refractivity contribution in [2.24, 2.45) is 0 Å². The van der Waals surface area contributed by atoms with Crippen molar-refractivity contribution in [3.05, 3.63) is 18.5 Å². The van der Waals surface area contributed by atoms with Crippen molar-refractivity contribution < 1.29 is 0 Å². The van der Waals surface area contributed by atoms with Crippen molar-refractivity contribution >= 4 is 17.0 Å². The Morgan fingerprint density at radius 2 is 2.17 bits per heavy atom. The van der Waals surface area contributed by atoms with Gasteiger partial charge in [-0.1, -0.05) is 0 Å². The second kappa shape index (κ2) is 3.68. The van der Waals surface area contributed by atoms with E-state index in [0.717, 1.165) is 11.0 Å². The predicted octanol–water partition coefficient (Wildman–Crippen LogP) is 1.42. The fourth-order valence-electron chi connectivity index (χ4n) is 3.67. The monoisotopic (exact) mass is 243 g/mol. The summed E-state index contributed by atoms with van der Waals surface area (Å²) in [4.78, 5) is 11.1. The largest absolute Gasteiger partial charge is 0.369 e. The molecular weight excluding hydrogens is 226 g/mol. The minimum absolute atomic E-state index is 0.486. The molecule has 4 rings (SSSR count). The summed E-state index contributed by atoms with van der Waals surface area (Å²) in [5, 5.41) is 0. The lowest BCUT2D eigenvalue weighted by Gasteiger charge is -2.22. The minimum Gasteiger partial charge on any atom is -0.369 e. The second-order valence-corrected chi connectivity index (χ2v) is 5.31. The van der Waals surface area contributed by atoms with Gasteiger partial charge < -0.3 is 10.3 Å². The quantitative estimate of drug-likeness (QED) is 0.823. The number of anilines is 1. The van der Waals surface area contributed by atoms with E-state index in [9.17, 15) is 0 Å². The Hall–Kier alpha value is -1.62. The first-order valence-electron chi connectivity index (χ1n) is 6.66. The van der Waals surface area contributed by atoms with Crippen LogP contribution in [0.15, 0.2) is 18.5 Å². The van der Waals surface area contributed by atoms with E-state index >= 15 is 0 Å². The highest BCUT2D eigenvalue weighted by atomic mass is 15.3. The van der Waals surface area contributed by atoms with Gasteiger partial charge in [0.15, 0.2) is 0 Å². The van der Waals surface area contributed by atoms with Gasteiger partial charge in [-0.25, -0.2) is 4.98 Å². The van der Waals surface area contributed by atoms with Crippen LogP contribution in [-0.4, -0.2) is 38.6 Å². The van der Waals surface area contributed by atoms with Crippen LogP contribution >= 0.6 is 0 Å². The van der Waals surface area contributed by atoms with E-state index in [1.54, 1.807) is 6.20 Å². The zero-order chi connectivity index (χ0) is 12.1. The lowest BCUT2D eigenvalue weighted by atomic mass is 10.1. The molecule has 5 nitrogen and oxygen atoms in total. The number of hydrogen-bond donors (Lipinski definition) is 1. The van der Waals surface area contributed by atoms with Crippen LogP contribution in [0.3, 0.4) is 0 Å². The van der Waals surface area contributed by atoms with Crippen LogP contribution in [0.2, 0.25) is 0 Å². The molecule has 18 heavy (non-hydrogen) atoms. The number of fused-ring (bicyclic) bond motifs is 2. The Morgan fingerprint density at radius 3 is 3.11 bits per heavy atom. The summed E-state index contributed by atoms with van der Waals surface area (Å²) in [6, 6.07) is 3.16. The standard InChI is InChI=1S/C13H17N5/c14-13-16-9-8-15-5-3-10(9)18(13)12-4-7-17-6-1-2-11(12)17/h3,5,8,11-12H,1-2,4,6-7H2,(H2,14,16). The van der Waals surface area contributed by atoms with Gasteiger partial charge in [0.1, 0.15) is 5.52 Å². The van der Waals surface area contributed by atoms with Crippen LogP contribution < -0.4 is 5.73 Å². The maximum absolute atomic E-state index is 6.12. The average Bonchev–Trinajstić information content (AvgIpc) is 3.01. The van der Waals surface area contributed by atoms with E-state index in [4.69, 9.17) is 5.73 Å². The summed E-state index contributed by atoms with van der Waals surface area (Å²) in [5.74, 6) is 0.636. The molecule has 2 saturated heterocycles. The van der Waals surface area contributed by atoms with Gasteiger partial charge >= 0.3 is 0 Å². The lowest BCUT2D eigenvalue weighted by molar-refractivity contribution is 0.293. The van der Waals surface area contributed by atoms with Crippen LogP contribution in [0.25, 0.3) is 11.0 Å². The summed E-state index contributed by atoms with van der Waals surface area (Å²) in [7, 11) is 0. The Morgan fingerprint density at radius 1 is 1.22 bits per heavy atom. The number of nitrogens with two attached hydrogens (primary N) is 1. The molecular formula is C13H17N5. The second-order valence-electron chi connectivity index (χ2n) is 5.31. The molecule has 0 amide bonds. The van der Waals surface area contributed by atoms with E-state index in [1.165, 1.54) is 32.4 Å². The molecule has 2 unspecified atom stereocenters. The highest BCUT2D eigenvalue weighted by Gasteiger charge is 2.39. The zero-order valence-electron chi connectivity index (χ0n) is 10.3. The summed E-state index contributed by atoms with van der Waals surface area (Å²) in [5.41, 5.74) is 8.16. The topological polar surface area (TPSA) is 60.0 Å². The molecule has 0 aliphatic carbocycles. The van der Waals surface area contributed by atoms with E-state index in [2.05, 4.69) is 19.4 Å². The van der Waals surface area contributed by atoms with E-state index in [1.807, 2.05) is 12.3 Å². The highest BCUT2D eigenvalue weighted by molar-refractivity contribution is 5.77. The molecule has 0 aromatic carbocycles. The third kappa shape index (κ3) is 1.31. The Bertz CT molecular complexity index is 590. The van der Waals surface area contributed by atoms with Crippen LogP contribution in [0, 0.1) is 0 Å². The van der Waals surface area contributed by atoms with Gasteiger partial charge in [0.25, 0.3) is 0 Å². The number of hydrogen-bond acceptors (Lipinski definition) is 4. The van der Waals surface area contributed by atoms with Gasteiger partial charge in [-0.05, 0) is 31.9 Å². The molecule has 2 aromatic heterocycles. The van der Waals surface area contributed by atoms with Gasteiger partial charge in [0.05, 0.1) is 17.8 Å². The number of nitrogen functional groups attached to an aromatic ring is 1. The van der Waals surface area contributed by atoms with Crippen LogP contribution in [0.4, 0.5) is 5.95 Å². The summed E-state index contributed by atoms with van der Waals surface area (Å²) >= 11 is 0. The molecule has 2 aromatic rings. The SMILES string of the molecule is Nc1nc2cnccc2n1C1CCN2CCCC12. The molecule has 0 spiro atoms. The normalized spacial score (nSPS) is 28.0. The lowest BCUT2D eigenvalue weighted by Crippen LogP contribution is -2.28. The number of rotatable bonds is 1. The van der Waals surface area contributed by atoms with Crippen molar-refractivity contribution in [1.82, 2.24) is 19.4 Å². The molecule has 0 saturated carbocycles. The molecule has 94 valence electrons. The molecule has 2 atom stereocenters. The van der Waals surface area contributed by atoms with Crippen LogP contribution in [0.1, 0.15) is 25.3 Å². The van der Waals surface area contributed by atoms with Crippen LogP contribution in [-0.2, 0) is 0 Å². The maximum atomic E-state index is 6.12. The number of nitrogens with zero attached hydrogens (tertiary/aromatic N) is 4. The number of imidazole rings is 1. The van der Waals surface area contributed by atoms with E-state index < -0.39 is 0 Å². The molecule has 2 aliphatic heterocycles. The maximum Gasteiger partial charge on any atom is 0.201 e. The van der Waals surface area contributed by atoms with Gasteiger partial charge in [0, 0.05) is 18.8 Å². The number of aromatic nitrogens is 3. The Kier molecular flexibility index (Phi) is 2.11. The van der Waals surface area contributed by atoms with Gasteiger partial charge in [0.2, 0.25) is 5.95 Å². The average molecular weight is 243 g/mol. The van der Waals surface area contributed by atoms with Crippen molar-refractivity contribution in [3.8, 4) is 0 Å². The first kappa shape index (κ1) is 10.3. The fraction of sp³-hybridized carbons (Fsp3) is 0.538. The third-order valence-corrected chi connectivity index (χ3v) is 4.42. The van der Waals surface area contributed by atoms with E-state index in [-0.39, 0.29) is 0 Å². The smallest absolute Gasteiger partial charge is 0.201 e. The van der Waals surface area contributed by atoms with Crippen LogP contribution in [0.5, 0.6) is 0 Å². The molecule has 2 aliphatic rings. The molecule has 5 heteroatoms. The van der Waals surface area contributed by atoms with Gasteiger partial charge in [-0.15, -0.1) is 0 Å². The molecule has 2 fully saturated rings. The Labute approximate surface area is 106 Å². The van der Waals surface area contributed by atoms with Crippen molar-refractivity contribution in [3.63, 3.8) is 0 Å². The number of pyridine rings is 1. The predicted molar refractivity (Wildman–Crippen MR) is 70.2 cm³/mol. The zero-order valence-corrected chi connectivity index (χ0v) is 10.3. The summed E-state index contributed by atoms with van der Waals surface area (Å²) < 4.78 is 2.23. The molecule has 4 heterocycles. The summed E-state index contributed by atoms with van der Waals surface area (Å²) in [6.07, 6.45) is 7.40. The molecule has 2 N–H and O–H groups in total. The summed E-state index contributed by atoms with van der Waals surface area (Å²) in [6.45, 7) is 2.44. The third-order valence-electron chi connectivity index (χ3n) is 4.42.